The molecule has 3 aliphatic rings. The van der Waals surface area contributed by atoms with Gasteiger partial charge >= 0.3 is 0 Å². The zero-order valence-electron chi connectivity index (χ0n) is 13.6. The number of rotatable bonds is 2. The Hall–Kier alpha value is -2.30. The van der Waals surface area contributed by atoms with Crippen molar-refractivity contribution in [3.63, 3.8) is 0 Å². The number of hydrogen-bond acceptors (Lipinski definition) is 4. The maximum absolute atomic E-state index is 12.4. The molecule has 0 aromatic carbocycles. The highest BCUT2D eigenvalue weighted by Gasteiger charge is 2.24. The molecule has 5 nitrogen and oxygen atoms in total. The Balaban J connectivity index is 1.93. The first kappa shape index (κ1) is 15.6. The van der Waals surface area contributed by atoms with Gasteiger partial charge in [-0.25, -0.2) is 0 Å². The molecule has 1 fully saturated rings. The molecule has 1 aliphatic carbocycles. The number of anilines is 1. The molecule has 2 aliphatic heterocycles. The molecule has 0 spiro atoms. The summed E-state index contributed by atoms with van der Waals surface area (Å²) < 4.78 is 5.67. The molecule has 1 amide bonds. The summed E-state index contributed by atoms with van der Waals surface area (Å²) in [6, 6.07) is 5.47. The Morgan fingerprint density at radius 2 is 2.00 bits per heavy atom. The molecule has 0 aromatic heterocycles. The van der Waals surface area contributed by atoms with Crippen molar-refractivity contribution in [1.82, 2.24) is 4.90 Å². The molecular formula is C18H22N2O3. The van der Waals surface area contributed by atoms with Gasteiger partial charge in [-0.05, 0) is 48.9 Å². The molecule has 0 atom stereocenters. The molecule has 23 heavy (non-hydrogen) atoms. The minimum Gasteiger partial charge on any atom is -0.441 e. The van der Waals surface area contributed by atoms with E-state index in [1.54, 1.807) is 13.0 Å². The van der Waals surface area contributed by atoms with Crippen LogP contribution in [0.15, 0.2) is 27.4 Å². The lowest BCUT2D eigenvalue weighted by molar-refractivity contribution is -0.129. The first-order chi connectivity index (χ1) is 11.0. The summed E-state index contributed by atoms with van der Waals surface area (Å²) in [5.41, 5.74) is 8.32. The third-order valence-corrected chi connectivity index (χ3v) is 4.77. The highest BCUT2D eigenvalue weighted by Crippen LogP contribution is 2.32. The second kappa shape index (κ2) is 6.07. The summed E-state index contributed by atoms with van der Waals surface area (Å²) in [5, 5.41) is 0. The van der Waals surface area contributed by atoms with E-state index in [0.29, 0.717) is 17.2 Å². The molecule has 122 valence electrons. The van der Waals surface area contributed by atoms with E-state index in [4.69, 9.17) is 10.2 Å². The van der Waals surface area contributed by atoms with Crippen molar-refractivity contribution < 1.29 is 9.21 Å². The van der Waals surface area contributed by atoms with E-state index >= 15 is 0 Å². The highest BCUT2D eigenvalue weighted by atomic mass is 16.3. The van der Waals surface area contributed by atoms with E-state index in [0.717, 1.165) is 43.5 Å². The van der Waals surface area contributed by atoms with Crippen LogP contribution in [0.4, 0.5) is 5.88 Å². The fraction of sp³-hybridized carbons (Fsp3) is 0.444. The van der Waals surface area contributed by atoms with Crippen LogP contribution in [0.25, 0.3) is 11.3 Å². The van der Waals surface area contributed by atoms with Crippen molar-refractivity contribution in [2.45, 2.75) is 39.0 Å². The maximum Gasteiger partial charge on any atom is 0.219 e. The summed E-state index contributed by atoms with van der Waals surface area (Å²) in [7, 11) is 0. The number of aryl methyl sites for hydroxylation is 1. The monoisotopic (exact) mass is 314 g/mol. The van der Waals surface area contributed by atoms with Gasteiger partial charge in [0.1, 0.15) is 5.76 Å². The predicted molar refractivity (Wildman–Crippen MR) is 89.6 cm³/mol. The Kier molecular flexibility index (Phi) is 4.11. The summed E-state index contributed by atoms with van der Waals surface area (Å²) in [5.74, 6) is 1.32. The molecule has 2 N–H and O–H groups in total. The third-order valence-electron chi connectivity index (χ3n) is 4.77. The lowest BCUT2D eigenvalue weighted by Crippen LogP contribution is -2.36. The molecule has 0 saturated carbocycles. The summed E-state index contributed by atoms with van der Waals surface area (Å²) in [6.07, 6.45) is 2.47. The molecule has 5 heteroatoms. The number of nitrogen functional groups attached to an aromatic ring is 1. The maximum atomic E-state index is 12.4. The van der Waals surface area contributed by atoms with Crippen LogP contribution in [0.5, 0.6) is 0 Å². The van der Waals surface area contributed by atoms with E-state index in [1.807, 2.05) is 24.0 Å². The second-order valence-electron chi connectivity index (χ2n) is 6.20. The Morgan fingerprint density at radius 3 is 2.61 bits per heavy atom. The Labute approximate surface area is 135 Å². The number of nitrogens with zero attached hydrogens (tertiary/aromatic N) is 1. The normalized spacial score (nSPS) is 16.0. The van der Waals surface area contributed by atoms with Crippen LogP contribution in [0.2, 0.25) is 0 Å². The first-order valence-corrected chi connectivity index (χ1v) is 8.11. The van der Waals surface area contributed by atoms with Crippen LogP contribution in [0.3, 0.4) is 0 Å². The molecule has 2 heterocycles. The fourth-order valence-electron chi connectivity index (χ4n) is 3.32. The van der Waals surface area contributed by atoms with Crippen molar-refractivity contribution >= 4 is 11.8 Å². The van der Waals surface area contributed by atoms with Gasteiger partial charge in [0.25, 0.3) is 0 Å². The zero-order chi connectivity index (χ0) is 16.6. The lowest BCUT2D eigenvalue weighted by Gasteiger charge is -2.31. The molecule has 0 aromatic rings. The van der Waals surface area contributed by atoms with Crippen LogP contribution >= 0.6 is 0 Å². The van der Waals surface area contributed by atoms with Crippen molar-refractivity contribution in [3.05, 3.63) is 39.5 Å². The quantitative estimate of drug-likeness (QED) is 0.924. The van der Waals surface area contributed by atoms with Gasteiger partial charge in [0.05, 0.1) is 5.56 Å². The van der Waals surface area contributed by atoms with E-state index in [1.165, 1.54) is 0 Å². The average Bonchev–Trinajstić information content (AvgIpc) is 2.54. The van der Waals surface area contributed by atoms with Crippen LogP contribution in [-0.2, 0) is 11.2 Å². The summed E-state index contributed by atoms with van der Waals surface area (Å²) >= 11 is 0. The number of hydrogen-bond donors (Lipinski definition) is 1. The lowest BCUT2D eigenvalue weighted by atomic mass is 9.88. The van der Waals surface area contributed by atoms with Gasteiger partial charge in [0.15, 0.2) is 11.3 Å². The van der Waals surface area contributed by atoms with Crippen molar-refractivity contribution in [2.24, 2.45) is 0 Å². The summed E-state index contributed by atoms with van der Waals surface area (Å²) in [6.45, 7) is 5.05. The number of amides is 1. The zero-order valence-corrected chi connectivity index (χ0v) is 13.6. The number of likely N-dealkylation sites (tertiary alicyclic amines) is 1. The first-order valence-electron chi connectivity index (χ1n) is 8.11. The van der Waals surface area contributed by atoms with E-state index in [-0.39, 0.29) is 17.3 Å². The van der Waals surface area contributed by atoms with Crippen LogP contribution < -0.4 is 11.2 Å². The molecule has 3 rings (SSSR count). The van der Waals surface area contributed by atoms with E-state index in [2.05, 4.69) is 0 Å². The second-order valence-corrected chi connectivity index (χ2v) is 6.20. The van der Waals surface area contributed by atoms with Gasteiger partial charge in [-0.3, -0.25) is 9.59 Å². The largest absolute Gasteiger partial charge is 0.441 e. The van der Waals surface area contributed by atoms with Gasteiger partial charge in [0.2, 0.25) is 5.91 Å². The van der Waals surface area contributed by atoms with Gasteiger partial charge in [-0.1, -0.05) is 6.92 Å². The Morgan fingerprint density at radius 1 is 1.30 bits per heavy atom. The van der Waals surface area contributed by atoms with Crippen molar-refractivity contribution in [1.29, 1.82) is 0 Å². The predicted octanol–water partition coefficient (Wildman–Crippen LogP) is 2.62. The third kappa shape index (κ3) is 2.96. The van der Waals surface area contributed by atoms with Gasteiger partial charge in [0, 0.05) is 25.6 Å². The van der Waals surface area contributed by atoms with Crippen molar-refractivity contribution in [3.8, 4) is 11.3 Å². The Bertz CT molecular complexity index is 758. The SMILES string of the molecule is CCc1cc2c(=O)cc(C3CCN(C(C)=O)CC3)cc-2oc1N. The van der Waals surface area contributed by atoms with E-state index < -0.39 is 0 Å². The molecule has 1 saturated heterocycles. The highest BCUT2D eigenvalue weighted by molar-refractivity contribution is 5.73. The van der Waals surface area contributed by atoms with Gasteiger partial charge < -0.3 is 15.1 Å². The fourth-order valence-corrected chi connectivity index (χ4v) is 3.32. The number of benzene rings is 1. The standard InChI is InChI=1S/C18H22N2O3/c1-3-12-8-15-16(22)9-14(10-17(15)23-18(12)19)13-4-6-20(7-5-13)11(2)21/h8-10,13H,3-7,19H2,1-2H3. The van der Waals surface area contributed by atoms with Crippen molar-refractivity contribution in [2.75, 3.05) is 18.8 Å². The molecule has 0 bridgehead atoms. The molecule has 0 unspecified atom stereocenters. The number of piperidine rings is 1. The molecular weight excluding hydrogens is 292 g/mol. The minimum absolute atomic E-state index is 0.0232. The van der Waals surface area contributed by atoms with Gasteiger partial charge in [-0.2, -0.15) is 0 Å². The van der Waals surface area contributed by atoms with Gasteiger partial charge in [-0.15, -0.1) is 0 Å². The van der Waals surface area contributed by atoms with E-state index in [9.17, 15) is 9.59 Å². The number of carbonyl (C=O) groups is 1. The average molecular weight is 314 g/mol. The number of fused-ring (bicyclic) bond motifs is 1. The van der Waals surface area contributed by atoms with Crippen LogP contribution in [-0.4, -0.2) is 23.9 Å². The topological polar surface area (TPSA) is 76.5 Å². The van der Waals surface area contributed by atoms with Crippen LogP contribution in [0.1, 0.15) is 43.7 Å². The van der Waals surface area contributed by atoms with Crippen LogP contribution in [0, 0.1) is 0 Å². The number of carbonyl (C=O) groups excluding carboxylic acids is 1. The number of nitrogens with two attached hydrogens (primary N) is 1. The summed E-state index contributed by atoms with van der Waals surface area (Å²) in [4.78, 5) is 25.7. The molecule has 0 radical (unpaired) electrons. The smallest absolute Gasteiger partial charge is 0.219 e. The minimum atomic E-state index is -0.0232.